The molecule has 0 aromatic heterocycles. The Morgan fingerprint density at radius 2 is 1.93 bits per heavy atom. The van der Waals surface area contributed by atoms with Gasteiger partial charge < -0.3 is 0 Å². The van der Waals surface area contributed by atoms with E-state index in [1.807, 2.05) is 0 Å². The lowest BCUT2D eigenvalue weighted by molar-refractivity contribution is 0.673. The molecule has 82 valence electrons. The highest BCUT2D eigenvalue weighted by molar-refractivity contribution is 9.09. The Morgan fingerprint density at radius 3 is 2.53 bits per heavy atom. The zero-order valence-corrected chi connectivity index (χ0v) is 11.0. The Bertz CT molecular complexity index is 289. The van der Waals surface area contributed by atoms with E-state index < -0.39 is 0 Å². The topological polar surface area (TPSA) is 0 Å². The predicted molar refractivity (Wildman–Crippen MR) is 71.4 cm³/mol. The maximum Gasteiger partial charge on any atom is 0.0395 e. The molecule has 1 aromatic carbocycles. The molecule has 0 spiro atoms. The van der Waals surface area contributed by atoms with Gasteiger partial charge in [-0.1, -0.05) is 58.3 Å². The van der Waals surface area contributed by atoms with E-state index in [2.05, 4.69) is 59.8 Å². The third-order valence-corrected chi connectivity index (χ3v) is 3.46. The van der Waals surface area contributed by atoms with Crippen LogP contribution in [0.5, 0.6) is 0 Å². The molecule has 0 aliphatic carbocycles. The van der Waals surface area contributed by atoms with Crippen molar-refractivity contribution < 1.29 is 0 Å². The van der Waals surface area contributed by atoms with Gasteiger partial charge in [-0.25, -0.2) is 0 Å². The Labute approximate surface area is 102 Å². The molecule has 0 saturated heterocycles. The highest BCUT2D eigenvalue weighted by Gasteiger charge is 2.05. The lowest BCUT2D eigenvalue weighted by Gasteiger charge is -2.09. The molecule has 0 amide bonds. The minimum atomic E-state index is 0.504. The van der Waals surface area contributed by atoms with Crippen LogP contribution in [-0.4, -0.2) is 0 Å². The molecule has 1 rings (SSSR count). The molecule has 0 nitrogen and oxygen atoms in total. The maximum absolute atomic E-state index is 3.92. The van der Waals surface area contributed by atoms with Crippen LogP contribution in [0, 0.1) is 0 Å². The second kappa shape index (κ2) is 6.84. The molecule has 0 heterocycles. The highest BCUT2D eigenvalue weighted by atomic mass is 79.9. The zero-order valence-electron chi connectivity index (χ0n) is 9.38. The summed E-state index contributed by atoms with van der Waals surface area (Å²) < 4.78 is 0. The average Bonchev–Trinajstić information content (AvgIpc) is 2.25. The number of alkyl halides is 1. The Kier molecular flexibility index (Phi) is 5.70. The van der Waals surface area contributed by atoms with Crippen molar-refractivity contribution in [2.75, 3.05) is 0 Å². The summed E-state index contributed by atoms with van der Waals surface area (Å²) in [4.78, 5) is 0.504. The van der Waals surface area contributed by atoms with Crippen molar-refractivity contribution in [3.63, 3.8) is 0 Å². The third kappa shape index (κ3) is 5.17. The van der Waals surface area contributed by atoms with E-state index in [0.717, 1.165) is 6.42 Å². The second-order valence-electron chi connectivity index (χ2n) is 4.08. The predicted octanol–water partition coefficient (Wildman–Crippen LogP) is 5.26. The van der Waals surface area contributed by atoms with Crippen LogP contribution < -0.4 is 0 Å². The van der Waals surface area contributed by atoms with Gasteiger partial charge in [-0.15, -0.1) is 6.58 Å². The SMILES string of the molecule is C=C(C)CCCCC(Br)c1ccccc1. The Hall–Kier alpha value is -0.560. The Balaban J connectivity index is 2.25. The molecular formula is C14H19Br. The maximum atomic E-state index is 3.92. The molecule has 0 aliphatic heterocycles. The summed E-state index contributed by atoms with van der Waals surface area (Å²) in [6.07, 6.45) is 4.88. The molecule has 0 aliphatic rings. The molecular weight excluding hydrogens is 248 g/mol. The van der Waals surface area contributed by atoms with Gasteiger partial charge in [-0.2, -0.15) is 0 Å². The molecule has 0 radical (unpaired) electrons. The Morgan fingerprint density at radius 1 is 1.27 bits per heavy atom. The summed E-state index contributed by atoms with van der Waals surface area (Å²) in [5.74, 6) is 0. The van der Waals surface area contributed by atoms with Crippen molar-refractivity contribution in [1.82, 2.24) is 0 Å². The van der Waals surface area contributed by atoms with Crippen LogP contribution in [0.4, 0.5) is 0 Å². The van der Waals surface area contributed by atoms with Gasteiger partial charge in [0.15, 0.2) is 0 Å². The standard InChI is InChI=1S/C14H19Br/c1-12(2)8-6-7-11-14(15)13-9-4-3-5-10-13/h3-5,9-10,14H,1,6-8,11H2,2H3. The van der Waals surface area contributed by atoms with E-state index in [4.69, 9.17) is 0 Å². The molecule has 0 saturated carbocycles. The van der Waals surface area contributed by atoms with Crippen LogP contribution in [-0.2, 0) is 0 Å². The van der Waals surface area contributed by atoms with Crippen molar-refractivity contribution in [3.8, 4) is 0 Å². The number of halogens is 1. The molecule has 0 bridgehead atoms. The lowest BCUT2D eigenvalue weighted by Crippen LogP contribution is -1.89. The molecule has 1 heteroatoms. The van der Waals surface area contributed by atoms with Crippen LogP contribution in [0.3, 0.4) is 0 Å². The van der Waals surface area contributed by atoms with Gasteiger partial charge in [-0.05, 0) is 31.7 Å². The quantitative estimate of drug-likeness (QED) is 0.374. The van der Waals surface area contributed by atoms with Crippen molar-refractivity contribution in [2.45, 2.75) is 37.4 Å². The van der Waals surface area contributed by atoms with E-state index in [-0.39, 0.29) is 0 Å². The summed E-state index contributed by atoms with van der Waals surface area (Å²) in [5, 5.41) is 0. The summed E-state index contributed by atoms with van der Waals surface area (Å²) in [7, 11) is 0. The minimum absolute atomic E-state index is 0.504. The first-order valence-electron chi connectivity index (χ1n) is 5.53. The smallest absolute Gasteiger partial charge is 0.0395 e. The molecule has 0 N–H and O–H groups in total. The van der Waals surface area contributed by atoms with E-state index in [1.54, 1.807) is 0 Å². The van der Waals surface area contributed by atoms with Gasteiger partial charge in [0.25, 0.3) is 0 Å². The number of unbranched alkanes of at least 4 members (excludes halogenated alkanes) is 1. The molecule has 0 fully saturated rings. The van der Waals surface area contributed by atoms with Gasteiger partial charge in [-0.3, -0.25) is 0 Å². The lowest BCUT2D eigenvalue weighted by atomic mass is 10.0. The molecule has 1 aromatic rings. The minimum Gasteiger partial charge on any atom is -0.100 e. The van der Waals surface area contributed by atoms with Crippen molar-refractivity contribution in [1.29, 1.82) is 0 Å². The van der Waals surface area contributed by atoms with Crippen LogP contribution >= 0.6 is 15.9 Å². The summed E-state index contributed by atoms with van der Waals surface area (Å²) >= 11 is 3.73. The zero-order chi connectivity index (χ0) is 11.1. The fourth-order valence-corrected chi connectivity index (χ4v) is 2.21. The average molecular weight is 267 g/mol. The second-order valence-corrected chi connectivity index (χ2v) is 5.19. The van der Waals surface area contributed by atoms with Gasteiger partial charge in [0, 0.05) is 4.83 Å². The van der Waals surface area contributed by atoms with Crippen molar-refractivity contribution in [3.05, 3.63) is 48.0 Å². The van der Waals surface area contributed by atoms with Crippen LogP contribution in [0.1, 0.15) is 43.0 Å². The molecule has 1 unspecified atom stereocenters. The fourth-order valence-electron chi connectivity index (χ4n) is 1.58. The fraction of sp³-hybridized carbons (Fsp3) is 0.429. The third-order valence-electron chi connectivity index (χ3n) is 2.47. The first kappa shape index (κ1) is 12.5. The summed E-state index contributed by atoms with van der Waals surface area (Å²) in [6.45, 7) is 6.02. The highest BCUT2D eigenvalue weighted by Crippen LogP contribution is 2.28. The molecule has 1 atom stereocenters. The number of hydrogen-bond acceptors (Lipinski definition) is 0. The van der Waals surface area contributed by atoms with Crippen LogP contribution in [0.15, 0.2) is 42.5 Å². The number of hydrogen-bond donors (Lipinski definition) is 0. The number of rotatable bonds is 6. The first-order valence-corrected chi connectivity index (χ1v) is 6.45. The van der Waals surface area contributed by atoms with E-state index in [0.29, 0.717) is 4.83 Å². The van der Waals surface area contributed by atoms with E-state index in [1.165, 1.54) is 30.4 Å². The van der Waals surface area contributed by atoms with E-state index >= 15 is 0 Å². The molecule has 15 heavy (non-hydrogen) atoms. The van der Waals surface area contributed by atoms with E-state index in [9.17, 15) is 0 Å². The number of allylic oxidation sites excluding steroid dienone is 1. The normalized spacial score (nSPS) is 12.4. The van der Waals surface area contributed by atoms with Gasteiger partial charge >= 0.3 is 0 Å². The summed E-state index contributed by atoms with van der Waals surface area (Å²) in [5.41, 5.74) is 2.67. The van der Waals surface area contributed by atoms with Crippen molar-refractivity contribution in [2.24, 2.45) is 0 Å². The summed E-state index contributed by atoms with van der Waals surface area (Å²) in [6, 6.07) is 10.6. The van der Waals surface area contributed by atoms with Crippen molar-refractivity contribution >= 4 is 15.9 Å². The monoisotopic (exact) mass is 266 g/mol. The van der Waals surface area contributed by atoms with Crippen LogP contribution in [0.25, 0.3) is 0 Å². The van der Waals surface area contributed by atoms with Gasteiger partial charge in [0.05, 0.1) is 0 Å². The first-order chi connectivity index (χ1) is 7.20. The van der Waals surface area contributed by atoms with Crippen LogP contribution in [0.2, 0.25) is 0 Å². The number of benzene rings is 1. The largest absolute Gasteiger partial charge is 0.100 e. The van der Waals surface area contributed by atoms with Gasteiger partial charge in [0.2, 0.25) is 0 Å². The van der Waals surface area contributed by atoms with Gasteiger partial charge in [0.1, 0.15) is 0 Å².